The zero-order valence-corrected chi connectivity index (χ0v) is 6.85. The van der Waals surface area contributed by atoms with Crippen LogP contribution in [0, 0.1) is 5.92 Å². The molecule has 0 N–H and O–H groups in total. The second kappa shape index (κ2) is 3.83. The zero-order chi connectivity index (χ0) is 5.98. The average Bonchev–Trinajstić information content (AvgIpc) is 1.77. The van der Waals surface area contributed by atoms with Gasteiger partial charge in [-0.2, -0.15) is 0 Å². The summed E-state index contributed by atoms with van der Waals surface area (Å²) in [5, 5.41) is 3.55. The van der Waals surface area contributed by atoms with Crippen LogP contribution in [0.2, 0.25) is 0 Å². The summed E-state index contributed by atoms with van der Waals surface area (Å²) in [5.41, 5.74) is 0. The molecule has 9 heavy (non-hydrogen) atoms. The van der Waals surface area contributed by atoms with Crippen LogP contribution in [-0.2, 0) is 24.2 Å². The van der Waals surface area contributed by atoms with Crippen LogP contribution in [0.4, 0.5) is 4.79 Å². The van der Waals surface area contributed by atoms with Crippen LogP contribution < -0.4 is 0 Å². The summed E-state index contributed by atoms with van der Waals surface area (Å²) in [4.78, 5) is 10.2. The molecule has 0 aliphatic carbocycles. The van der Waals surface area contributed by atoms with Crippen molar-refractivity contribution in [2.75, 3.05) is 13.2 Å². The van der Waals surface area contributed by atoms with E-state index in [2.05, 4.69) is 10.1 Å². The molecular weight excluding hydrogens is 207 g/mol. The molecule has 0 aromatic carbocycles. The molecule has 1 amide bonds. The van der Waals surface area contributed by atoms with E-state index >= 15 is 0 Å². The van der Waals surface area contributed by atoms with Crippen molar-refractivity contribution in [1.82, 2.24) is 0 Å². The quantitative estimate of drug-likeness (QED) is 0.568. The molecule has 0 aromatic rings. The van der Waals surface area contributed by atoms with Crippen LogP contribution in [0.25, 0.3) is 5.32 Å². The van der Waals surface area contributed by atoms with Crippen LogP contribution in [-0.4, -0.2) is 19.2 Å². The molecular formula is C5H8NO2Ru. The van der Waals surface area contributed by atoms with Gasteiger partial charge in [0.15, 0.2) is 0 Å². The summed E-state index contributed by atoms with van der Waals surface area (Å²) in [7, 11) is 0. The second-order valence-corrected chi connectivity index (χ2v) is 2.02. The van der Waals surface area contributed by atoms with Gasteiger partial charge in [-0.3, -0.25) is 4.79 Å². The molecule has 1 rings (SSSR count). The van der Waals surface area contributed by atoms with E-state index in [-0.39, 0.29) is 19.5 Å². The number of rotatable bonds is 0. The van der Waals surface area contributed by atoms with Gasteiger partial charge in [0.1, 0.15) is 0 Å². The smallest absolute Gasteiger partial charge is 0.617 e. The molecule has 3 nitrogen and oxygen atoms in total. The predicted molar refractivity (Wildman–Crippen MR) is 28.7 cm³/mol. The standard InChI is InChI=1S/C5H9NO2.Ru/c1-4-2-6-5(7)8-3-4;/h4H,2-3H2,1H3,(H,6,7);/q;+1/p-1. The Hall–Kier alpha value is -0.107. The number of carbonyl (C=O) groups excluding carboxylic acids is 1. The summed E-state index contributed by atoms with van der Waals surface area (Å²) < 4.78 is 4.58. The van der Waals surface area contributed by atoms with Gasteiger partial charge < -0.3 is 10.1 Å². The van der Waals surface area contributed by atoms with Gasteiger partial charge in [0.05, 0.1) is 6.61 Å². The summed E-state index contributed by atoms with van der Waals surface area (Å²) in [6.45, 7) is 3.15. The minimum absolute atomic E-state index is 0. The number of hydrogen-bond donors (Lipinski definition) is 0. The van der Waals surface area contributed by atoms with Gasteiger partial charge in [0.25, 0.3) is 0 Å². The molecule has 1 aliphatic heterocycles. The Labute approximate surface area is 66.9 Å². The number of cyclic esters (lactones) is 1. The monoisotopic (exact) mass is 216 g/mol. The number of nitrogens with zero attached hydrogens (tertiary/aromatic N) is 1. The first-order valence-electron chi connectivity index (χ1n) is 2.63. The van der Waals surface area contributed by atoms with E-state index in [1.807, 2.05) is 6.92 Å². The fourth-order valence-corrected chi connectivity index (χ4v) is 0.542. The molecule has 0 bridgehead atoms. The maximum atomic E-state index is 10.2. The van der Waals surface area contributed by atoms with Crippen molar-refractivity contribution >= 4 is 6.09 Å². The van der Waals surface area contributed by atoms with E-state index in [0.717, 1.165) is 0 Å². The maximum Gasteiger partial charge on any atom is 1.00 e. The largest absolute Gasteiger partial charge is 1.00 e. The second-order valence-electron chi connectivity index (χ2n) is 2.02. The molecule has 1 fully saturated rings. The maximum absolute atomic E-state index is 10.2. The Bertz CT molecular complexity index is 97.1. The van der Waals surface area contributed by atoms with Crippen LogP contribution >= 0.6 is 0 Å². The number of ether oxygens (including phenoxy) is 1. The Morgan fingerprint density at radius 1 is 1.78 bits per heavy atom. The molecule has 0 aromatic heterocycles. The molecule has 0 saturated carbocycles. The van der Waals surface area contributed by atoms with Crippen molar-refractivity contribution in [3.8, 4) is 0 Å². The summed E-state index contributed by atoms with van der Waals surface area (Å²) >= 11 is 0. The van der Waals surface area contributed by atoms with Crippen molar-refractivity contribution < 1.29 is 29.0 Å². The minimum Gasteiger partial charge on any atom is -0.617 e. The topological polar surface area (TPSA) is 40.4 Å². The van der Waals surface area contributed by atoms with Gasteiger partial charge in [0.2, 0.25) is 6.09 Å². The third-order valence-electron chi connectivity index (χ3n) is 1.02. The number of hydrogen-bond acceptors (Lipinski definition) is 2. The van der Waals surface area contributed by atoms with Gasteiger partial charge in [0, 0.05) is 0 Å². The Balaban J connectivity index is 0.000000640. The molecule has 1 saturated heterocycles. The minimum atomic E-state index is -0.414. The molecule has 0 spiro atoms. The van der Waals surface area contributed by atoms with Gasteiger partial charge in [-0.1, -0.05) is 6.92 Å². The average molecular weight is 215 g/mol. The fraction of sp³-hybridized carbons (Fsp3) is 0.800. The van der Waals surface area contributed by atoms with E-state index in [1.165, 1.54) is 0 Å². The summed E-state index contributed by atoms with van der Waals surface area (Å²) in [6.07, 6.45) is -0.414. The van der Waals surface area contributed by atoms with E-state index in [9.17, 15) is 4.79 Å². The van der Waals surface area contributed by atoms with Crippen LogP contribution in [0.15, 0.2) is 0 Å². The predicted octanol–water partition coefficient (Wildman–Crippen LogP) is 1.14. The van der Waals surface area contributed by atoms with Crippen molar-refractivity contribution in [1.29, 1.82) is 0 Å². The molecule has 1 aliphatic rings. The SMILES string of the molecule is CC1C[N-]C(=O)OC1.[Ru+]. The van der Waals surface area contributed by atoms with E-state index < -0.39 is 6.09 Å². The van der Waals surface area contributed by atoms with E-state index in [0.29, 0.717) is 19.1 Å². The molecule has 1 unspecified atom stereocenters. The van der Waals surface area contributed by atoms with Crippen LogP contribution in [0.3, 0.4) is 0 Å². The first-order valence-corrected chi connectivity index (χ1v) is 2.63. The van der Waals surface area contributed by atoms with Crippen molar-refractivity contribution in [2.24, 2.45) is 5.92 Å². The number of carbonyl (C=O) groups is 1. The number of amides is 1. The van der Waals surface area contributed by atoms with Gasteiger partial charge in [-0.05, 0) is 5.92 Å². The Morgan fingerprint density at radius 3 is 2.78 bits per heavy atom. The normalized spacial score (nSPS) is 25.4. The Morgan fingerprint density at radius 2 is 2.44 bits per heavy atom. The molecule has 1 heterocycles. The summed E-state index contributed by atoms with van der Waals surface area (Å²) in [6, 6.07) is 0. The molecule has 53 valence electrons. The summed E-state index contributed by atoms with van der Waals surface area (Å²) in [5.74, 6) is 0.410. The van der Waals surface area contributed by atoms with Crippen molar-refractivity contribution in [2.45, 2.75) is 6.92 Å². The van der Waals surface area contributed by atoms with Crippen molar-refractivity contribution in [3.05, 3.63) is 5.32 Å². The van der Waals surface area contributed by atoms with Gasteiger partial charge in [-0.15, -0.1) is 6.54 Å². The van der Waals surface area contributed by atoms with Crippen LogP contribution in [0.1, 0.15) is 6.92 Å². The molecule has 1 radical (unpaired) electrons. The Kier molecular flexibility index (Phi) is 3.79. The first kappa shape index (κ1) is 8.89. The molecule has 1 atom stereocenters. The van der Waals surface area contributed by atoms with Gasteiger partial charge in [-0.25, -0.2) is 0 Å². The van der Waals surface area contributed by atoms with E-state index in [1.54, 1.807) is 0 Å². The third kappa shape index (κ3) is 2.80. The van der Waals surface area contributed by atoms with Crippen LogP contribution in [0.5, 0.6) is 0 Å². The zero-order valence-electron chi connectivity index (χ0n) is 5.11. The third-order valence-corrected chi connectivity index (χ3v) is 1.02. The first-order chi connectivity index (χ1) is 3.79. The fourth-order valence-electron chi connectivity index (χ4n) is 0.542. The van der Waals surface area contributed by atoms with Gasteiger partial charge >= 0.3 is 19.5 Å². The van der Waals surface area contributed by atoms with E-state index in [4.69, 9.17) is 0 Å². The van der Waals surface area contributed by atoms with Crippen molar-refractivity contribution in [3.63, 3.8) is 0 Å². The molecule has 4 heteroatoms.